The summed E-state index contributed by atoms with van der Waals surface area (Å²) in [6.45, 7) is 4.93. The molecule has 0 fully saturated rings. The number of hydrogen-bond donors (Lipinski definition) is 2. The molecule has 0 aliphatic rings. The van der Waals surface area contributed by atoms with E-state index in [9.17, 15) is 0 Å². The number of aromatic nitrogens is 4. The molecular formula is C21H22N6. The zero-order chi connectivity index (χ0) is 18.6. The third-order valence-corrected chi connectivity index (χ3v) is 4.33. The largest absolute Gasteiger partial charge is 0.364 e. The molecule has 2 N–H and O–H groups in total. The molecule has 4 rings (SSSR count). The topological polar surface area (TPSA) is 67.7 Å². The van der Waals surface area contributed by atoms with Crippen LogP contribution in [0.4, 0.5) is 17.5 Å². The highest BCUT2D eigenvalue weighted by molar-refractivity contribution is 5.86. The molecule has 0 spiro atoms. The van der Waals surface area contributed by atoms with Gasteiger partial charge in [0.2, 0.25) is 5.95 Å². The molecule has 0 saturated heterocycles. The van der Waals surface area contributed by atoms with Crippen LogP contribution in [0.25, 0.3) is 11.2 Å². The van der Waals surface area contributed by atoms with Crippen molar-refractivity contribution in [3.8, 4) is 0 Å². The van der Waals surface area contributed by atoms with E-state index in [4.69, 9.17) is 4.98 Å². The second-order valence-electron chi connectivity index (χ2n) is 6.62. The van der Waals surface area contributed by atoms with Gasteiger partial charge in [-0.25, -0.2) is 15.0 Å². The summed E-state index contributed by atoms with van der Waals surface area (Å²) in [5, 5.41) is 6.79. The predicted molar refractivity (Wildman–Crippen MR) is 109 cm³/mol. The Morgan fingerprint density at radius 3 is 2.33 bits per heavy atom. The number of imidazole rings is 1. The van der Waals surface area contributed by atoms with E-state index in [-0.39, 0.29) is 6.04 Å². The van der Waals surface area contributed by atoms with Crippen LogP contribution in [-0.2, 0) is 6.54 Å². The van der Waals surface area contributed by atoms with Crippen LogP contribution >= 0.6 is 0 Å². The van der Waals surface area contributed by atoms with E-state index < -0.39 is 0 Å². The minimum atomic E-state index is 0.207. The van der Waals surface area contributed by atoms with Gasteiger partial charge in [-0.2, -0.15) is 0 Å². The Morgan fingerprint density at radius 2 is 1.63 bits per heavy atom. The van der Waals surface area contributed by atoms with Gasteiger partial charge in [0, 0.05) is 18.3 Å². The SMILES string of the molecule is CC(C)n1c(Nc2ccccc2)nc2c(NCc3ccccc3)ncnc21. The lowest BCUT2D eigenvalue weighted by atomic mass is 10.2. The molecule has 0 unspecified atom stereocenters. The van der Waals surface area contributed by atoms with Gasteiger partial charge in [-0.1, -0.05) is 48.5 Å². The van der Waals surface area contributed by atoms with Gasteiger partial charge >= 0.3 is 0 Å². The lowest BCUT2D eigenvalue weighted by Gasteiger charge is -2.13. The first-order valence-electron chi connectivity index (χ1n) is 9.05. The highest BCUT2D eigenvalue weighted by Crippen LogP contribution is 2.28. The number of benzene rings is 2. The van der Waals surface area contributed by atoms with Gasteiger partial charge in [0.05, 0.1) is 0 Å². The average molecular weight is 358 g/mol. The molecule has 4 aromatic rings. The summed E-state index contributed by atoms with van der Waals surface area (Å²) in [5.74, 6) is 1.49. The molecule has 6 nitrogen and oxygen atoms in total. The third-order valence-electron chi connectivity index (χ3n) is 4.33. The Morgan fingerprint density at radius 1 is 0.926 bits per heavy atom. The zero-order valence-electron chi connectivity index (χ0n) is 15.4. The van der Waals surface area contributed by atoms with E-state index in [0.717, 1.165) is 28.6 Å². The van der Waals surface area contributed by atoms with Gasteiger partial charge in [-0.15, -0.1) is 0 Å². The van der Waals surface area contributed by atoms with Crippen LogP contribution in [0.1, 0.15) is 25.5 Å². The first-order chi connectivity index (χ1) is 13.2. The summed E-state index contributed by atoms with van der Waals surface area (Å²) >= 11 is 0. The molecular weight excluding hydrogens is 336 g/mol. The fourth-order valence-electron chi connectivity index (χ4n) is 3.05. The summed E-state index contributed by atoms with van der Waals surface area (Å²) < 4.78 is 2.09. The summed E-state index contributed by atoms with van der Waals surface area (Å²) in [7, 11) is 0. The molecule has 0 bridgehead atoms. The van der Waals surface area contributed by atoms with E-state index >= 15 is 0 Å². The fourth-order valence-corrected chi connectivity index (χ4v) is 3.05. The Hall–Kier alpha value is -3.41. The van der Waals surface area contributed by atoms with Gasteiger partial charge in [0.1, 0.15) is 6.33 Å². The summed E-state index contributed by atoms with van der Waals surface area (Å²) in [6, 6.07) is 20.5. The number of hydrogen-bond acceptors (Lipinski definition) is 5. The van der Waals surface area contributed by atoms with E-state index in [0.29, 0.717) is 6.54 Å². The molecule has 0 amide bonds. The van der Waals surface area contributed by atoms with Crippen LogP contribution < -0.4 is 10.6 Å². The Kier molecular flexibility index (Phi) is 4.70. The van der Waals surface area contributed by atoms with E-state index in [1.807, 2.05) is 48.5 Å². The van der Waals surface area contributed by atoms with Gasteiger partial charge in [-0.3, -0.25) is 4.57 Å². The van der Waals surface area contributed by atoms with Crippen LogP contribution in [-0.4, -0.2) is 19.5 Å². The number of nitrogens with one attached hydrogen (secondary N) is 2. The number of anilines is 3. The van der Waals surface area contributed by atoms with Crippen molar-refractivity contribution in [1.29, 1.82) is 0 Å². The van der Waals surface area contributed by atoms with Crippen LogP contribution in [0, 0.1) is 0 Å². The maximum Gasteiger partial charge on any atom is 0.210 e. The number of para-hydroxylation sites is 1. The normalized spacial score (nSPS) is 11.1. The summed E-state index contributed by atoms with van der Waals surface area (Å²) in [5.41, 5.74) is 3.76. The number of rotatable bonds is 6. The van der Waals surface area contributed by atoms with Crippen LogP contribution in [0.5, 0.6) is 0 Å². The lowest BCUT2D eigenvalue weighted by molar-refractivity contribution is 0.620. The second-order valence-corrected chi connectivity index (χ2v) is 6.62. The molecule has 2 heterocycles. The molecule has 0 radical (unpaired) electrons. The van der Waals surface area contributed by atoms with Crippen molar-refractivity contribution in [2.24, 2.45) is 0 Å². The van der Waals surface area contributed by atoms with E-state index in [1.165, 1.54) is 5.56 Å². The van der Waals surface area contributed by atoms with Gasteiger partial charge in [-0.05, 0) is 31.5 Å². The van der Waals surface area contributed by atoms with Crippen molar-refractivity contribution in [1.82, 2.24) is 19.5 Å². The molecule has 0 aliphatic heterocycles. The van der Waals surface area contributed by atoms with Crippen molar-refractivity contribution in [3.05, 3.63) is 72.6 Å². The van der Waals surface area contributed by atoms with Crippen molar-refractivity contribution in [2.75, 3.05) is 10.6 Å². The highest BCUT2D eigenvalue weighted by atomic mass is 15.3. The van der Waals surface area contributed by atoms with Gasteiger partial charge in [0.15, 0.2) is 17.0 Å². The molecule has 6 heteroatoms. The zero-order valence-corrected chi connectivity index (χ0v) is 15.4. The lowest BCUT2D eigenvalue weighted by Crippen LogP contribution is -2.07. The summed E-state index contributed by atoms with van der Waals surface area (Å²) in [4.78, 5) is 13.7. The van der Waals surface area contributed by atoms with Crippen molar-refractivity contribution in [2.45, 2.75) is 26.4 Å². The Bertz CT molecular complexity index is 1020. The minimum Gasteiger partial charge on any atom is -0.364 e. The predicted octanol–water partition coefficient (Wildman–Crippen LogP) is 4.76. The quantitative estimate of drug-likeness (QED) is 0.520. The smallest absolute Gasteiger partial charge is 0.210 e. The molecule has 0 aliphatic carbocycles. The number of fused-ring (bicyclic) bond motifs is 1. The van der Waals surface area contributed by atoms with Crippen LogP contribution in [0.15, 0.2) is 67.0 Å². The molecule has 136 valence electrons. The fraction of sp³-hybridized carbons (Fsp3) is 0.190. The van der Waals surface area contributed by atoms with Crippen molar-refractivity contribution < 1.29 is 0 Å². The molecule has 2 aromatic carbocycles. The highest BCUT2D eigenvalue weighted by Gasteiger charge is 2.18. The number of nitrogens with zero attached hydrogens (tertiary/aromatic N) is 4. The maximum atomic E-state index is 4.81. The van der Waals surface area contributed by atoms with Gasteiger partial charge in [0.25, 0.3) is 0 Å². The maximum absolute atomic E-state index is 4.81. The Labute approximate surface area is 158 Å². The monoisotopic (exact) mass is 358 g/mol. The van der Waals surface area contributed by atoms with Crippen molar-refractivity contribution >= 4 is 28.6 Å². The first kappa shape index (κ1) is 17.0. The van der Waals surface area contributed by atoms with Crippen LogP contribution in [0.2, 0.25) is 0 Å². The first-order valence-corrected chi connectivity index (χ1v) is 9.05. The van der Waals surface area contributed by atoms with E-state index in [1.54, 1.807) is 6.33 Å². The van der Waals surface area contributed by atoms with E-state index in [2.05, 4.69) is 51.1 Å². The average Bonchev–Trinajstić information content (AvgIpc) is 3.06. The van der Waals surface area contributed by atoms with Crippen LogP contribution in [0.3, 0.4) is 0 Å². The standard InChI is InChI=1S/C21H22N6/c1-15(2)27-20-18(26-21(27)25-17-11-7-4-8-12-17)19(23-14-24-20)22-13-16-9-5-3-6-10-16/h3-12,14-15H,13H2,1-2H3,(H,25,26)(H,22,23,24). The summed E-state index contributed by atoms with van der Waals surface area (Å²) in [6.07, 6.45) is 1.59. The van der Waals surface area contributed by atoms with Gasteiger partial charge < -0.3 is 10.6 Å². The second kappa shape index (κ2) is 7.45. The molecule has 0 saturated carbocycles. The third kappa shape index (κ3) is 3.60. The molecule has 0 atom stereocenters. The van der Waals surface area contributed by atoms with Crippen molar-refractivity contribution in [3.63, 3.8) is 0 Å². The molecule has 27 heavy (non-hydrogen) atoms. The Balaban J connectivity index is 1.70. The molecule has 2 aromatic heterocycles. The minimum absolute atomic E-state index is 0.207.